The zero-order valence-corrected chi connectivity index (χ0v) is 9.21. The molecular weight excluding hydrogens is 218 g/mol. The van der Waals surface area contributed by atoms with E-state index in [2.05, 4.69) is 15.3 Å². The summed E-state index contributed by atoms with van der Waals surface area (Å²) in [6.07, 6.45) is 1.41. The highest BCUT2D eigenvalue weighted by Gasteiger charge is 2.05. The number of carboxylic acids is 1. The Labute approximate surface area is 98.2 Å². The Morgan fingerprint density at radius 2 is 1.94 bits per heavy atom. The predicted molar refractivity (Wildman–Crippen MR) is 63.5 cm³/mol. The summed E-state index contributed by atoms with van der Waals surface area (Å²) in [5.41, 5.74) is 1.93. The maximum atomic E-state index is 10.7. The van der Waals surface area contributed by atoms with Crippen molar-refractivity contribution < 1.29 is 9.90 Å². The fraction of sp³-hybridized carbons (Fsp3) is 0.0833. The average Bonchev–Trinajstić information content (AvgIpc) is 2.32. The van der Waals surface area contributed by atoms with Crippen LogP contribution in [0.4, 0.5) is 11.6 Å². The van der Waals surface area contributed by atoms with Crippen molar-refractivity contribution in [1.82, 2.24) is 9.97 Å². The van der Waals surface area contributed by atoms with E-state index < -0.39 is 5.97 Å². The monoisotopic (exact) mass is 229 g/mol. The fourth-order valence-electron chi connectivity index (χ4n) is 1.30. The number of rotatable bonds is 3. The van der Waals surface area contributed by atoms with Gasteiger partial charge >= 0.3 is 5.97 Å². The molecule has 2 aromatic rings. The molecule has 1 aromatic carbocycles. The number of carbonyl (C=O) groups is 1. The van der Waals surface area contributed by atoms with Crippen LogP contribution >= 0.6 is 0 Å². The molecule has 0 radical (unpaired) electrons. The number of nitrogens with one attached hydrogen (secondary N) is 1. The Kier molecular flexibility index (Phi) is 3.00. The molecular formula is C12H11N3O2. The van der Waals surface area contributed by atoms with E-state index in [1.165, 1.54) is 12.3 Å². The average molecular weight is 229 g/mol. The van der Waals surface area contributed by atoms with Crippen LogP contribution in [0.15, 0.2) is 36.5 Å². The Balaban J connectivity index is 2.21. The summed E-state index contributed by atoms with van der Waals surface area (Å²) in [6.45, 7) is 1.99. The van der Waals surface area contributed by atoms with E-state index >= 15 is 0 Å². The maximum Gasteiger partial charge on any atom is 0.354 e. The van der Waals surface area contributed by atoms with Crippen LogP contribution in [0.2, 0.25) is 0 Å². The normalized spacial score (nSPS) is 9.94. The first-order valence-corrected chi connectivity index (χ1v) is 5.05. The second kappa shape index (κ2) is 4.61. The Hall–Kier alpha value is -2.43. The summed E-state index contributed by atoms with van der Waals surface area (Å²) in [5, 5.41) is 11.7. The standard InChI is InChI=1S/C12H11N3O2/c1-8-2-4-9(5-3-8)14-12-13-7-6-10(15-12)11(16)17/h2-7H,1H3,(H,16,17)(H,13,14,15). The molecule has 0 saturated carbocycles. The molecule has 0 unspecified atom stereocenters. The molecule has 0 atom stereocenters. The Morgan fingerprint density at radius 1 is 1.24 bits per heavy atom. The number of hydrogen-bond donors (Lipinski definition) is 2. The van der Waals surface area contributed by atoms with Gasteiger partial charge in [0.15, 0.2) is 5.69 Å². The maximum absolute atomic E-state index is 10.7. The van der Waals surface area contributed by atoms with Crippen LogP contribution in [0.25, 0.3) is 0 Å². The number of aromatic nitrogens is 2. The number of benzene rings is 1. The third kappa shape index (κ3) is 2.78. The lowest BCUT2D eigenvalue weighted by Crippen LogP contribution is -2.04. The minimum Gasteiger partial charge on any atom is -0.477 e. The molecule has 0 aliphatic heterocycles. The van der Waals surface area contributed by atoms with Crippen molar-refractivity contribution >= 4 is 17.6 Å². The molecule has 2 N–H and O–H groups in total. The van der Waals surface area contributed by atoms with Crippen LogP contribution < -0.4 is 5.32 Å². The highest BCUT2D eigenvalue weighted by Crippen LogP contribution is 2.13. The van der Waals surface area contributed by atoms with Crippen LogP contribution in [0.5, 0.6) is 0 Å². The molecule has 0 bridgehead atoms. The molecule has 2 rings (SSSR count). The molecule has 1 aromatic heterocycles. The zero-order chi connectivity index (χ0) is 12.3. The van der Waals surface area contributed by atoms with Gasteiger partial charge in [-0.3, -0.25) is 0 Å². The van der Waals surface area contributed by atoms with Gasteiger partial charge < -0.3 is 10.4 Å². The van der Waals surface area contributed by atoms with Crippen LogP contribution in [0, 0.1) is 6.92 Å². The summed E-state index contributed by atoms with van der Waals surface area (Å²) in [6, 6.07) is 9.01. The van der Waals surface area contributed by atoms with Crippen molar-refractivity contribution in [2.75, 3.05) is 5.32 Å². The zero-order valence-electron chi connectivity index (χ0n) is 9.21. The van der Waals surface area contributed by atoms with Gasteiger partial charge in [-0.25, -0.2) is 14.8 Å². The van der Waals surface area contributed by atoms with E-state index in [0.717, 1.165) is 11.3 Å². The fourth-order valence-corrected chi connectivity index (χ4v) is 1.30. The molecule has 1 heterocycles. The van der Waals surface area contributed by atoms with Gasteiger partial charge in [-0.05, 0) is 25.1 Å². The molecule has 0 aliphatic rings. The van der Waals surface area contributed by atoms with E-state index in [4.69, 9.17) is 5.11 Å². The Morgan fingerprint density at radius 3 is 2.59 bits per heavy atom. The highest BCUT2D eigenvalue weighted by atomic mass is 16.4. The van der Waals surface area contributed by atoms with Crippen LogP contribution in [0.1, 0.15) is 16.1 Å². The number of aromatic carboxylic acids is 1. The third-order valence-corrected chi connectivity index (χ3v) is 2.18. The van der Waals surface area contributed by atoms with Crippen LogP contribution in [-0.4, -0.2) is 21.0 Å². The summed E-state index contributed by atoms with van der Waals surface area (Å²) >= 11 is 0. The lowest BCUT2D eigenvalue weighted by Gasteiger charge is -2.05. The number of aryl methyl sites for hydroxylation is 1. The van der Waals surface area contributed by atoms with Gasteiger partial charge in [0, 0.05) is 11.9 Å². The number of nitrogens with zero attached hydrogens (tertiary/aromatic N) is 2. The van der Waals surface area contributed by atoms with Crippen molar-refractivity contribution in [2.45, 2.75) is 6.92 Å². The minimum absolute atomic E-state index is 0.0328. The Bertz CT molecular complexity index is 538. The van der Waals surface area contributed by atoms with Crippen LogP contribution in [-0.2, 0) is 0 Å². The van der Waals surface area contributed by atoms with Crippen molar-refractivity contribution in [2.24, 2.45) is 0 Å². The highest BCUT2D eigenvalue weighted by molar-refractivity contribution is 5.85. The molecule has 0 amide bonds. The number of carboxylic acid groups (broad SMARTS) is 1. The first-order valence-electron chi connectivity index (χ1n) is 5.05. The molecule has 17 heavy (non-hydrogen) atoms. The quantitative estimate of drug-likeness (QED) is 0.844. The third-order valence-electron chi connectivity index (χ3n) is 2.18. The predicted octanol–water partition coefficient (Wildman–Crippen LogP) is 2.23. The summed E-state index contributed by atoms with van der Waals surface area (Å²) in [7, 11) is 0. The second-order valence-electron chi connectivity index (χ2n) is 3.56. The molecule has 0 spiro atoms. The van der Waals surface area contributed by atoms with E-state index in [1.54, 1.807) is 0 Å². The molecule has 0 fully saturated rings. The van der Waals surface area contributed by atoms with E-state index in [0.29, 0.717) is 0 Å². The van der Waals surface area contributed by atoms with Crippen LogP contribution in [0.3, 0.4) is 0 Å². The van der Waals surface area contributed by atoms with Crippen molar-refractivity contribution in [1.29, 1.82) is 0 Å². The molecule has 0 saturated heterocycles. The lowest BCUT2D eigenvalue weighted by atomic mass is 10.2. The topological polar surface area (TPSA) is 75.1 Å². The summed E-state index contributed by atoms with van der Waals surface area (Å²) in [5.74, 6) is -0.798. The van der Waals surface area contributed by atoms with Crippen molar-refractivity contribution in [3.8, 4) is 0 Å². The van der Waals surface area contributed by atoms with E-state index in [1.807, 2.05) is 31.2 Å². The van der Waals surface area contributed by atoms with Gasteiger partial charge in [0.05, 0.1) is 0 Å². The first kappa shape index (κ1) is 11.1. The van der Waals surface area contributed by atoms with E-state index in [9.17, 15) is 4.79 Å². The van der Waals surface area contributed by atoms with Gasteiger partial charge in [-0.15, -0.1) is 0 Å². The first-order chi connectivity index (χ1) is 8.15. The molecule has 5 heteroatoms. The van der Waals surface area contributed by atoms with E-state index in [-0.39, 0.29) is 11.6 Å². The minimum atomic E-state index is -1.07. The van der Waals surface area contributed by atoms with Gasteiger partial charge in [-0.2, -0.15) is 0 Å². The number of hydrogen-bond acceptors (Lipinski definition) is 4. The largest absolute Gasteiger partial charge is 0.477 e. The van der Waals surface area contributed by atoms with Crippen molar-refractivity contribution in [3.05, 3.63) is 47.8 Å². The van der Waals surface area contributed by atoms with Gasteiger partial charge in [0.1, 0.15) is 0 Å². The summed E-state index contributed by atoms with van der Waals surface area (Å²) < 4.78 is 0. The van der Waals surface area contributed by atoms with Gasteiger partial charge in [0.25, 0.3) is 0 Å². The molecule has 0 aliphatic carbocycles. The number of anilines is 2. The van der Waals surface area contributed by atoms with Gasteiger partial charge in [0.2, 0.25) is 5.95 Å². The molecule has 5 nitrogen and oxygen atoms in total. The SMILES string of the molecule is Cc1ccc(Nc2nccc(C(=O)O)n2)cc1. The second-order valence-corrected chi connectivity index (χ2v) is 3.56. The lowest BCUT2D eigenvalue weighted by molar-refractivity contribution is 0.0690. The molecule has 86 valence electrons. The summed E-state index contributed by atoms with van der Waals surface area (Å²) in [4.78, 5) is 18.6. The van der Waals surface area contributed by atoms with Crippen molar-refractivity contribution in [3.63, 3.8) is 0 Å². The van der Waals surface area contributed by atoms with Gasteiger partial charge in [-0.1, -0.05) is 17.7 Å². The smallest absolute Gasteiger partial charge is 0.354 e.